The highest BCUT2D eigenvalue weighted by Gasteiger charge is 2.07. The zero-order valence-electron chi connectivity index (χ0n) is 9.88. The van der Waals surface area contributed by atoms with E-state index in [1.54, 1.807) is 0 Å². The third kappa shape index (κ3) is 1.60. The predicted octanol–water partition coefficient (Wildman–Crippen LogP) is 2.94. The van der Waals surface area contributed by atoms with Gasteiger partial charge >= 0.3 is 0 Å². The van der Waals surface area contributed by atoms with Gasteiger partial charge in [0.2, 0.25) is 0 Å². The summed E-state index contributed by atoms with van der Waals surface area (Å²) in [5.41, 5.74) is 4.26. The minimum Gasteiger partial charge on any atom is -0.268 e. The van der Waals surface area contributed by atoms with Crippen molar-refractivity contribution in [1.82, 2.24) is 14.8 Å². The SMILES string of the molecule is Cc1nn(C)c2cc(-c3ccccc3)ncc12. The molecule has 0 N–H and O–H groups in total. The van der Waals surface area contributed by atoms with Crippen molar-refractivity contribution in [1.29, 1.82) is 0 Å². The lowest BCUT2D eigenvalue weighted by molar-refractivity contribution is 0.783. The number of nitrogens with zero attached hydrogens (tertiary/aromatic N) is 3. The van der Waals surface area contributed by atoms with Crippen LogP contribution in [0.15, 0.2) is 42.6 Å². The van der Waals surface area contributed by atoms with Crippen LogP contribution >= 0.6 is 0 Å². The number of rotatable bonds is 1. The Hall–Kier alpha value is -2.16. The highest BCUT2D eigenvalue weighted by Crippen LogP contribution is 2.22. The Kier molecular flexibility index (Phi) is 2.18. The lowest BCUT2D eigenvalue weighted by atomic mass is 10.1. The van der Waals surface area contributed by atoms with Gasteiger partial charge in [-0.2, -0.15) is 5.10 Å². The van der Waals surface area contributed by atoms with Crippen LogP contribution in [-0.4, -0.2) is 14.8 Å². The quantitative estimate of drug-likeness (QED) is 0.635. The second-order valence-corrected chi connectivity index (χ2v) is 4.16. The molecular weight excluding hydrogens is 210 g/mol. The topological polar surface area (TPSA) is 30.7 Å². The summed E-state index contributed by atoms with van der Waals surface area (Å²) in [4.78, 5) is 4.50. The largest absolute Gasteiger partial charge is 0.268 e. The van der Waals surface area contributed by atoms with E-state index in [1.165, 1.54) is 0 Å². The third-order valence-corrected chi connectivity index (χ3v) is 2.99. The fourth-order valence-corrected chi connectivity index (χ4v) is 2.09. The Bertz CT molecular complexity index is 669. The summed E-state index contributed by atoms with van der Waals surface area (Å²) in [6, 6.07) is 12.3. The first kappa shape index (κ1) is 10.0. The number of fused-ring (bicyclic) bond motifs is 1. The molecule has 0 atom stereocenters. The maximum atomic E-state index is 4.50. The second kappa shape index (κ2) is 3.70. The molecule has 0 aliphatic rings. The molecule has 0 saturated carbocycles. The van der Waals surface area contributed by atoms with Gasteiger partial charge in [-0.3, -0.25) is 9.67 Å². The molecule has 0 amide bonds. The molecule has 3 rings (SSSR count). The molecule has 17 heavy (non-hydrogen) atoms. The second-order valence-electron chi connectivity index (χ2n) is 4.16. The fourth-order valence-electron chi connectivity index (χ4n) is 2.09. The van der Waals surface area contributed by atoms with E-state index >= 15 is 0 Å². The van der Waals surface area contributed by atoms with Gasteiger partial charge in [-0.15, -0.1) is 0 Å². The molecule has 84 valence electrons. The molecule has 0 bridgehead atoms. The van der Waals surface area contributed by atoms with Crippen LogP contribution in [0, 0.1) is 6.92 Å². The van der Waals surface area contributed by atoms with Gasteiger partial charge < -0.3 is 0 Å². The highest BCUT2D eigenvalue weighted by molar-refractivity contribution is 5.84. The summed E-state index contributed by atoms with van der Waals surface area (Å²) in [7, 11) is 1.96. The average molecular weight is 223 g/mol. The lowest BCUT2D eigenvalue weighted by Crippen LogP contribution is -1.90. The van der Waals surface area contributed by atoms with E-state index in [0.29, 0.717) is 0 Å². The molecule has 0 aliphatic carbocycles. The fraction of sp³-hybridized carbons (Fsp3) is 0.143. The van der Waals surface area contributed by atoms with Crippen molar-refractivity contribution < 1.29 is 0 Å². The van der Waals surface area contributed by atoms with Gasteiger partial charge in [-0.25, -0.2) is 0 Å². The molecule has 0 aliphatic heterocycles. The normalized spacial score (nSPS) is 10.9. The Morgan fingerprint density at radius 1 is 1.12 bits per heavy atom. The van der Waals surface area contributed by atoms with Gasteiger partial charge in [-0.1, -0.05) is 30.3 Å². The predicted molar refractivity (Wildman–Crippen MR) is 68.7 cm³/mol. The zero-order valence-corrected chi connectivity index (χ0v) is 9.88. The molecule has 0 fully saturated rings. The summed E-state index contributed by atoms with van der Waals surface area (Å²) >= 11 is 0. The van der Waals surface area contributed by atoms with Gasteiger partial charge in [0.1, 0.15) is 0 Å². The Balaban J connectivity index is 2.24. The van der Waals surface area contributed by atoms with Crippen molar-refractivity contribution in [3.63, 3.8) is 0 Å². The molecule has 3 aromatic rings. The van der Waals surface area contributed by atoms with Crippen LogP contribution in [0.4, 0.5) is 0 Å². The number of hydrogen-bond acceptors (Lipinski definition) is 2. The van der Waals surface area contributed by atoms with Gasteiger partial charge in [0, 0.05) is 24.2 Å². The van der Waals surface area contributed by atoms with Crippen LogP contribution in [0.25, 0.3) is 22.2 Å². The van der Waals surface area contributed by atoms with Crippen molar-refractivity contribution in [2.75, 3.05) is 0 Å². The minimum absolute atomic E-state index is 0.987. The van der Waals surface area contributed by atoms with Crippen LogP contribution in [0.1, 0.15) is 5.69 Å². The number of aryl methyl sites for hydroxylation is 2. The van der Waals surface area contributed by atoms with Crippen molar-refractivity contribution in [2.45, 2.75) is 6.92 Å². The van der Waals surface area contributed by atoms with E-state index in [-0.39, 0.29) is 0 Å². The number of hydrogen-bond donors (Lipinski definition) is 0. The van der Waals surface area contributed by atoms with E-state index in [4.69, 9.17) is 0 Å². The Morgan fingerprint density at radius 3 is 2.65 bits per heavy atom. The molecule has 0 spiro atoms. The van der Waals surface area contributed by atoms with Crippen molar-refractivity contribution in [3.8, 4) is 11.3 Å². The van der Waals surface area contributed by atoms with Crippen molar-refractivity contribution in [2.24, 2.45) is 7.05 Å². The van der Waals surface area contributed by atoms with Crippen LogP contribution in [0.5, 0.6) is 0 Å². The summed E-state index contributed by atoms with van der Waals surface area (Å²) in [5.74, 6) is 0. The van der Waals surface area contributed by atoms with Gasteiger partial charge in [0.25, 0.3) is 0 Å². The lowest BCUT2D eigenvalue weighted by Gasteiger charge is -2.01. The molecule has 0 saturated heterocycles. The molecule has 3 heteroatoms. The Labute approximate surface area is 99.7 Å². The molecule has 3 nitrogen and oxygen atoms in total. The summed E-state index contributed by atoms with van der Waals surface area (Å²) in [6.07, 6.45) is 1.90. The molecule has 2 heterocycles. The van der Waals surface area contributed by atoms with Crippen molar-refractivity contribution >= 4 is 10.9 Å². The monoisotopic (exact) mass is 223 g/mol. The molecule has 1 aromatic carbocycles. The van der Waals surface area contributed by atoms with Gasteiger partial charge in [-0.05, 0) is 13.0 Å². The zero-order chi connectivity index (χ0) is 11.8. The first-order chi connectivity index (χ1) is 8.25. The summed E-state index contributed by atoms with van der Waals surface area (Å²) in [5, 5.41) is 5.52. The van der Waals surface area contributed by atoms with E-state index in [1.807, 2.05) is 43.0 Å². The van der Waals surface area contributed by atoms with E-state index in [2.05, 4.69) is 28.3 Å². The van der Waals surface area contributed by atoms with Crippen molar-refractivity contribution in [3.05, 3.63) is 48.3 Å². The van der Waals surface area contributed by atoms with Crippen LogP contribution in [0.3, 0.4) is 0 Å². The third-order valence-electron chi connectivity index (χ3n) is 2.99. The number of pyridine rings is 1. The molecule has 0 unspecified atom stereocenters. The molecule has 0 radical (unpaired) electrons. The standard InChI is InChI=1S/C14H13N3/c1-10-12-9-15-13(8-14(12)17(2)16-10)11-6-4-3-5-7-11/h3-9H,1-2H3. The Morgan fingerprint density at radius 2 is 1.88 bits per heavy atom. The van der Waals surface area contributed by atoms with Gasteiger partial charge in [0.05, 0.1) is 16.9 Å². The summed E-state index contributed by atoms with van der Waals surface area (Å²) in [6.45, 7) is 2.01. The molecular formula is C14H13N3. The number of aromatic nitrogens is 3. The summed E-state index contributed by atoms with van der Waals surface area (Å²) < 4.78 is 1.90. The minimum atomic E-state index is 0.987. The van der Waals surface area contributed by atoms with E-state index < -0.39 is 0 Å². The van der Waals surface area contributed by atoms with Crippen LogP contribution in [-0.2, 0) is 7.05 Å². The average Bonchev–Trinajstić information content (AvgIpc) is 2.66. The maximum Gasteiger partial charge on any atom is 0.0723 e. The van der Waals surface area contributed by atoms with Crippen LogP contribution < -0.4 is 0 Å². The smallest absolute Gasteiger partial charge is 0.0723 e. The van der Waals surface area contributed by atoms with E-state index in [9.17, 15) is 0 Å². The van der Waals surface area contributed by atoms with Gasteiger partial charge in [0.15, 0.2) is 0 Å². The highest BCUT2D eigenvalue weighted by atomic mass is 15.3. The van der Waals surface area contributed by atoms with Crippen LogP contribution in [0.2, 0.25) is 0 Å². The van der Waals surface area contributed by atoms with E-state index in [0.717, 1.165) is 27.9 Å². The number of benzene rings is 1. The first-order valence-electron chi connectivity index (χ1n) is 5.60. The maximum absolute atomic E-state index is 4.50. The first-order valence-corrected chi connectivity index (χ1v) is 5.60. The molecule has 2 aromatic heterocycles.